The predicted octanol–water partition coefficient (Wildman–Crippen LogP) is 4.82. The monoisotopic (exact) mass is 463 g/mol. The van der Waals surface area contributed by atoms with E-state index in [9.17, 15) is 9.90 Å². The fourth-order valence-corrected chi connectivity index (χ4v) is 4.79. The van der Waals surface area contributed by atoms with Crippen molar-refractivity contribution in [2.45, 2.75) is 52.7 Å². The van der Waals surface area contributed by atoms with Crippen LogP contribution in [0.4, 0.5) is 5.69 Å². The molecule has 172 valence electrons. The zero-order valence-corrected chi connectivity index (χ0v) is 20.2. The molecule has 0 bridgehead atoms. The highest BCUT2D eigenvalue weighted by molar-refractivity contribution is 7.12. The highest BCUT2D eigenvalue weighted by atomic mass is 32.1. The van der Waals surface area contributed by atoms with E-state index >= 15 is 0 Å². The fraction of sp³-hybridized carbons (Fsp3) is 0.308. The van der Waals surface area contributed by atoms with Crippen LogP contribution < -0.4 is 15.8 Å². The molecule has 0 radical (unpaired) electrons. The van der Waals surface area contributed by atoms with Crippen molar-refractivity contribution >= 4 is 28.8 Å². The number of aromatic hydroxyl groups is 1. The van der Waals surface area contributed by atoms with Crippen molar-refractivity contribution in [2.75, 3.05) is 0 Å². The van der Waals surface area contributed by atoms with E-state index in [4.69, 9.17) is 10.5 Å². The minimum absolute atomic E-state index is 0.111. The summed E-state index contributed by atoms with van der Waals surface area (Å²) >= 11 is 1.54. The lowest BCUT2D eigenvalue weighted by Gasteiger charge is -2.38. The van der Waals surface area contributed by atoms with Gasteiger partial charge in [-0.05, 0) is 79.9 Å². The van der Waals surface area contributed by atoms with E-state index in [-0.39, 0.29) is 12.3 Å². The number of hydrogen-bond acceptors (Lipinski definition) is 5. The number of fused-ring (bicyclic) bond motifs is 1. The molecule has 1 atom stereocenters. The van der Waals surface area contributed by atoms with Gasteiger partial charge in [0.05, 0.1) is 17.0 Å². The van der Waals surface area contributed by atoms with Gasteiger partial charge in [0.25, 0.3) is 0 Å². The average molecular weight is 464 g/mol. The highest BCUT2D eigenvalue weighted by Crippen LogP contribution is 2.42. The number of benzene rings is 2. The van der Waals surface area contributed by atoms with Crippen LogP contribution in [0.3, 0.4) is 0 Å². The van der Waals surface area contributed by atoms with Gasteiger partial charge in [-0.2, -0.15) is 0 Å². The zero-order chi connectivity index (χ0) is 23.8. The van der Waals surface area contributed by atoms with Crippen molar-refractivity contribution in [3.8, 4) is 11.5 Å². The Kier molecular flexibility index (Phi) is 6.17. The molecule has 0 aliphatic carbocycles. The number of nitrogens with two attached hydrogens (primary N) is 1. The third-order valence-corrected chi connectivity index (χ3v) is 7.14. The summed E-state index contributed by atoms with van der Waals surface area (Å²) in [6.45, 7) is 7.63. The maximum atomic E-state index is 12.8. The van der Waals surface area contributed by atoms with Gasteiger partial charge < -0.3 is 20.9 Å². The Labute approximate surface area is 198 Å². The van der Waals surface area contributed by atoms with E-state index in [1.165, 1.54) is 0 Å². The number of phenols is 1. The lowest BCUT2D eigenvalue weighted by atomic mass is 9.90. The standard InChI is InChI=1S/C26H29N3O3S/c1-15-16(2)24-20(17(3)23(15)31)11-12-26(4,32-24)29-22(30)14-18-7-9-19(10-8-18)28-25(27)21-6-5-13-33-21/h5-10,13,31H,11-12,14H2,1-4H3,(H2,27,28)(H,29,30). The Morgan fingerprint density at radius 3 is 2.58 bits per heavy atom. The number of nitrogens with zero attached hydrogens (tertiary/aromatic N) is 1. The predicted molar refractivity (Wildman–Crippen MR) is 133 cm³/mol. The van der Waals surface area contributed by atoms with Crippen molar-refractivity contribution in [1.82, 2.24) is 5.32 Å². The first-order valence-corrected chi connectivity index (χ1v) is 11.8. The average Bonchev–Trinajstić information content (AvgIpc) is 3.32. The molecule has 4 rings (SSSR count). The first-order chi connectivity index (χ1) is 15.7. The number of nitrogens with one attached hydrogen (secondary N) is 1. The molecule has 7 heteroatoms. The topological polar surface area (TPSA) is 96.9 Å². The summed E-state index contributed by atoms with van der Waals surface area (Å²) in [4.78, 5) is 18.2. The molecular formula is C26H29N3O3S. The molecule has 2 aromatic carbocycles. The van der Waals surface area contributed by atoms with E-state index in [1.54, 1.807) is 11.3 Å². The van der Waals surface area contributed by atoms with Crippen LogP contribution >= 0.6 is 11.3 Å². The number of thiophene rings is 1. The second kappa shape index (κ2) is 8.90. The molecule has 3 aromatic rings. The summed E-state index contributed by atoms with van der Waals surface area (Å²) in [5.41, 5.74) is 10.5. The second-order valence-corrected chi connectivity index (χ2v) is 9.68. The van der Waals surface area contributed by atoms with Crippen molar-refractivity contribution < 1.29 is 14.6 Å². The van der Waals surface area contributed by atoms with Crippen LogP contribution in [-0.4, -0.2) is 22.6 Å². The summed E-state index contributed by atoms with van der Waals surface area (Å²) in [5, 5.41) is 15.4. The SMILES string of the molecule is Cc1c(C)c2c(c(C)c1O)CCC(C)(NC(=O)Cc1ccc(N=C(N)c3cccs3)cc1)O2. The van der Waals surface area contributed by atoms with Gasteiger partial charge in [-0.15, -0.1) is 11.3 Å². The molecule has 33 heavy (non-hydrogen) atoms. The number of aliphatic imine (C=N–C) groups is 1. The molecule has 0 fully saturated rings. The Balaban J connectivity index is 1.43. The molecule has 1 aliphatic heterocycles. The Bertz CT molecular complexity index is 1220. The maximum Gasteiger partial charge on any atom is 0.227 e. The van der Waals surface area contributed by atoms with Crippen molar-refractivity contribution in [3.63, 3.8) is 0 Å². The lowest BCUT2D eigenvalue weighted by molar-refractivity contribution is -0.126. The smallest absolute Gasteiger partial charge is 0.227 e. The van der Waals surface area contributed by atoms with Gasteiger partial charge in [0, 0.05) is 12.0 Å². The molecule has 4 N–H and O–H groups in total. The first kappa shape index (κ1) is 22.9. The molecular weight excluding hydrogens is 434 g/mol. The molecule has 1 unspecified atom stereocenters. The summed E-state index contributed by atoms with van der Waals surface area (Å²) < 4.78 is 6.30. The molecule has 6 nitrogen and oxygen atoms in total. The number of rotatable bonds is 5. The van der Waals surface area contributed by atoms with Crippen LogP contribution in [0.5, 0.6) is 11.5 Å². The first-order valence-electron chi connectivity index (χ1n) is 11.0. The number of carbonyl (C=O) groups excluding carboxylic acids is 1. The molecule has 1 aromatic heterocycles. The van der Waals surface area contributed by atoms with E-state index in [1.807, 2.05) is 69.5 Å². The number of hydrogen-bond donors (Lipinski definition) is 3. The number of phenolic OH excluding ortho intramolecular Hbond substituents is 1. The van der Waals surface area contributed by atoms with Crippen molar-refractivity contribution in [1.29, 1.82) is 0 Å². The molecule has 2 heterocycles. The van der Waals surface area contributed by atoms with Crippen LogP contribution in [0.1, 0.15) is 46.0 Å². The molecule has 0 saturated carbocycles. The molecule has 1 amide bonds. The van der Waals surface area contributed by atoms with E-state index < -0.39 is 5.72 Å². The van der Waals surface area contributed by atoms with Crippen LogP contribution in [0.2, 0.25) is 0 Å². The van der Waals surface area contributed by atoms with Gasteiger partial charge in [0.1, 0.15) is 17.3 Å². The van der Waals surface area contributed by atoms with Gasteiger partial charge in [0.15, 0.2) is 5.72 Å². The van der Waals surface area contributed by atoms with Crippen LogP contribution in [-0.2, 0) is 17.6 Å². The van der Waals surface area contributed by atoms with Crippen molar-refractivity contribution in [2.24, 2.45) is 10.7 Å². The summed E-state index contributed by atoms with van der Waals surface area (Å²) in [6.07, 6.45) is 1.60. The Morgan fingerprint density at radius 2 is 1.91 bits per heavy atom. The quantitative estimate of drug-likeness (QED) is 0.373. The van der Waals surface area contributed by atoms with Gasteiger partial charge >= 0.3 is 0 Å². The number of ether oxygens (including phenoxy) is 1. The van der Waals surface area contributed by atoms with Gasteiger partial charge in [-0.1, -0.05) is 18.2 Å². The number of amidine groups is 1. The summed E-state index contributed by atoms with van der Waals surface area (Å²) in [5.74, 6) is 1.46. The number of carbonyl (C=O) groups is 1. The molecule has 1 aliphatic rings. The number of amides is 1. The lowest BCUT2D eigenvalue weighted by Crippen LogP contribution is -2.53. The minimum atomic E-state index is -0.801. The van der Waals surface area contributed by atoms with E-state index in [0.717, 1.165) is 50.6 Å². The van der Waals surface area contributed by atoms with E-state index in [0.29, 0.717) is 18.0 Å². The largest absolute Gasteiger partial charge is 0.507 e. The zero-order valence-electron chi connectivity index (χ0n) is 19.4. The van der Waals surface area contributed by atoms with E-state index in [2.05, 4.69) is 10.3 Å². The minimum Gasteiger partial charge on any atom is -0.507 e. The summed E-state index contributed by atoms with van der Waals surface area (Å²) in [7, 11) is 0. The van der Waals surface area contributed by atoms with Gasteiger partial charge in [-0.25, -0.2) is 4.99 Å². The molecule has 0 saturated heterocycles. The summed E-state index contributed by atoms with van der Waals surface area (Å²) in [6, 6.07) is 11.4. The van der Waals surface area contributed by atoms with Crippen LogP contribution in [0, 0.1) is 20.8 Å². The molecule has 0 spiro atoms. The Morgan fingerprint density at radius 1 is 1.18 bits per heavy atom. The second-order valence-electron chi connectivity index (χ2n) is 8.73. The maximum absolute atomic E-state index is 12.8. The third kappa shape index (κ3) is 4.73. The highest BCUT2D eigenvalue weighted by Gasteiger charge is 2.35. The normalized spacial score (nSPS) is 17.9. The van der Waals surface area contributed by atoms with Crippen LogP contribution in [0.25, 0.3) is 0 Å². The van der Waals surface area contributed by atoms with Crippen LogP contribution in [0.15, 0.2) is 46.8 Å². The Hall–Kier alpha value is -3.32. The third-order valence-electron chi connectivity index (χ3n) is 6.25. The van der Waals surface area contributed by atoms with Gasteiger partial charge in [-0.3, -0.25) is 4.79 Å². The fourth-order valence-electron chi connectivity index (χ4n) is 4.17. The van der Waals surface area contributed by atoms with Gasteiger partial charge in [0.2, 0.25) is 5.91 Å². The van der Waals surface area contributed by atoms with Crippen molar-refractivity contribution in [3.05, 3.63) is 74.5 Å².